The van der Waals surface area contributed by atoms with Gasteiger partial charge in [0, 0.05) is 25.2 Å². The predicted octanol–water partition coefficient (Wildman–Crippen LogP) is 4.17. The fourth-order valence-corrected chi connectivity index (χ4v) is 5.22. The Morgan fingerprint density at radius 1 is 1.10 bits per heavy atom. The lowest BCUT2D eigenvalue weighted by atomic mass is 9.92. The van der Waals surface area contributed by atoms with Crippen molar-refractivity contribution in [3.05, 3.63) is 54.1 Å². The van der Waals surface area contributed by atoms with Gasteiger partial charge in [-0.3, -0.25) is 9.10 Å². The second kappa shape index (κ2) is 9.08. The third-order valence-electron chi connectivity index (χ3n) is 5.76. The molecule has 0 aromatic heterocycles. The fourth-order valence-electron chi connectivity index (χ4n) is 4.02. The van der Waals surface area contributed by atoms with Crippen molar-refractivity contribution in [1.82, 2.24) is 4.90 Å². The third-order valence-corrected chi connectivity index (χ3v) is 7.55. The zero-order valence-electron chi connectivity index (χ0n) is 18.0. The summed E-state index contributed by atoms with van der Waals surface area (Å²) in [6.07, 6.45) is 3.16. The zero-order valence-corrected chi connectivity index (χ0v) is 18.9. The second-order valence-electron chi connectivity index (χ2n) is 7.97. The van der Waals surface area contributed by atoms with E-state index in [2.05, 4.69) is 13.8 Å². The standard InChI is InChI=1S/C23H30N2O4S/c1-17(2)20-9-7-8-16-25(20)23(26)18-12-14-19(15-13-18)30(27,28)24(3)21-10-5-6-11-22(21)29-4/h5-6,10-15,17,20H,7-9,16H2,1-4H3. The van der Waals surface area contributed by atoms with E-state index in [4.69, 9.17) is 4.74 Å². The lowest BCUT2D eigenvalue weighted by Crippen LogP contribution is -2.46. The SMILES string of the molecule is COc1ccccc1N(C)S(=O)(=O)c1ccc(C(=O)N2CCCCC2C(C)C)cc1. The smallest absolute Gasteiger partial charge is 0.264 e. The minimum atomic E-state index is -3.79. The molecule has 0 bridgehead atoms. The van der Waals surface area contributed by atoms with Crippen molar-refractivity contribution < 1.29 is 17.9 Å². The quantitative estimate of drug-likeness (QED) is 0.690. The van der Waals surface area contributed by atoms with Crippen molar-refractivity contribution in [1.29, 1.82) is 0 Å². The topological polar surface area (TPSA) is 66.9 Å². The van der Waals surface area contributed by atoms with Crippen LogP contribution in [-0.4, -0.2) is 46.0 Å². The molecule has 162 valence electrons. The number of likely N-dealkylation sites (tertiary alicyclic amines) is 1. The fraction of sp³-hybridized carbons (Fsp3) is 0.435. The van der Waals surface area contributed by atoms with E-state index in [1.54, 1.807) is 36.4 Å². The van der Waals surface area contributed by atoms with E-state index in [9.17, 15) is 13.2 Å². The van der Waals surface area contributed by atoms with Gasteiger partial charge in [0.15, 0.2) is 0 Å². The summed E-state index contributed by atoms with van der Waals surface area (Å²) in [5, 5.41) is 0. The van der Waals surface area contributed by atoms with Gasteiger partial charge in [-0.15, -0.1) is 0 Å². The van der Waals surface area contributed by atoms with Gasteiger partial charge in [0.1, 0.15) is 5.75 Å². The van der Waals surface area contributed by atoms with Gasteiger partial charge < -0.3 is 9.64 Å². The molecule has 0 radical (unpaired) electrons. The number of carbonyl (C=O) groups is 1. The first-order valence-corrected chi connectivity index (χ1v) is 11.7. The van der Waals surface area contributed by atoms with Gasteiger partial charge in [-0.2, -0.15) is 0 Å². The number of amides is 1. The van der Waals surface area contributed by atoms with Crippen molar-refractivity contribution in [3.8, 4) is 5.75 Å². The summed E-state index contributed by atoms with van der Waals surface area (Å²) < 4.78 is 32.7. The van der Waals surface area contributed by atoms with Crippen LogP contribution in [0.1, 0.15) is 43.5 Å². The van der Waals surface area contributed by atoms with E-state index >= 15 is 0 Å². The Hall–Kier alpha value is -2.54. The van der Waals surface area contributed by atoms with Crippen LogP contribution in [0, 0.1) is 5.92 Å². The van der Waals surface area contributed by atoms with Crippen molar-refractivity contribution in [2.45, 2.75) is 44.0 Å². The molecule has 1 amide bonds. The van der Waals surface area contributed by atoms with Gasteiger partial charge in [-0.05, 0) is 61.6 Å². The summed E-state index contributed by atoms with van der Waals surface area (Å²) in [6.45, 7) is 5.03. The highest BCUT2D eigenvalue weighted by molar-refractivity contribution is 7.92. The average Bonchev–Trinajstić information content (AvgIpc) is 2.78. The molecule has 0 saturated carbocycles. The Balaban J connectivity index is 1.84. The van der Waals surface area contributed by atoms with Gasteiger partial charge in [0.05, 0.1) is 17.7 Å². The van der Waals surface area contributed by atoms with E-state index in [1.807, 2.05) is 4.90 Å². The largest absolute Gasteiger partial charge is 0.495 e. The maximum Gasteiger partial charge on any atom is 0.264 e. The van der Waals surface area contributed by atoms with Crippen LogP contribution in [0.5, 0.6) is 5.75 Å². The number of methoxy groups -OCH3 is 1. The molecule has 1 aliphatic heterocycles. The van der Waals surface area contributed by atoms with E-state index in [1.165, 1.54) is 30.6 Å². The molecule has 7 heteroatoms. The molecule has 0 aliphatic carbocycles. The van der Waals surface area contributed by atoms with E-state index in [-0.39, 0.29) is 16.8 Å². The number of hydrogen-bond donors (Lipinski definition) is 0. The first kappa shape index (κ1) is 22.2. The molecule has 0 N–H and O–H groups in total. The summed E-state index contributed by atoms with van der Waals surface area (Å²) in [7, 11) is -0.790. The second-order valence-corrected chi connectivity index (χ2v) is 9.94. The van der Waals surface area contributed by atoms with Crippen molar-refractivity contribution >= 4 is 21.6 Å². The number of ether oxygens (including phenoxy) is 1. The summed E-state index contributed by atoms with van der Waals surface area (Å²) in [5.74, 6) is 0.832. The van der Waals surface area contributed by atoms with Gasteiger partial charge >= 0.3 is 0 Å². The minimum absolute atomic E-state index is 0.0320. The van der Waals surface area contributed by atoms with Gasteiger partial charge in [0.25, 0.3) is 15.9 Å². The van der Waals surface area contributed by atoms with E-state index in [0.29, 0.717) is 22.9 Å². The lowest BCUT2D eigenvalue weighted by molar-refractivity contribution is 0.0543. The number of carbonyl (C=O) groups excluding carboxylic acids is 1. The molecular weight excluding hydrogens is 400 g/mol. The number of anilines is 1. The summed E-state index contributed by atoms with van der Waals surface area (Å²) in [6, 6.07) is 13.4. The molecule has 1 unspecified atom stereocenters. The Morgan fingerprint density at radius 2 is 1.77 bits per heavy atom. The van der Waals surface area contributed by atoms with E-state index in [0.717, 1.165) is 25.8 Å². The first-order valence-electron chi connectivity index (χ1n) is 10.3. The molecule has 2 aromatic rings. The molecule has 1 aliphatic rings. The van der Waals surface area contributed by atoms with Crippen molar-refractivity contribution in [2.24, 2.45) is 5.92 Å². The molecule has 1 atom stereocenters. The Bertz CT molecular complexity index is 987. The summed E-state index contributed by atoms with van der Waals surface area (Å²) in [5.41, 5.74) is 0.967. The van der Waals surface area contributed by atoms with Crippen LogP contribution in [0.25, 0.3) is 0 Å². The van der Waals surface area contributed by atoms with Crippen molar-refractivity contribution in [3.63, 3.8) is 0 Å². The Morgan fingerprint density at radius 3 is 2.40 bits per heavy atom. The molecule has 30 heavy (non-hydrogen) atoms. The molecule has 2 aromatic carbocycles. The van der Waals surface area contributed by atoms with Crippen LogP contribution in [-0.2, 0) is 10.0 Å². The summed E-state index contributed by atoms with van der Waals surface area (Å²) >= 11 is 0. The monoisotopic (exact) mass is 430 g/mol. The van der Waals surface area contributed by atoms with Gasteiger partial charge in [-0.1, -0.05) is 26.0 Å². The molecule has 1 fully saturated rings. The maximum absolute atomic E-state index is 13.1. The van der Waals surface area contributed by atoms with Crippen LogP contribution in [0.2, 0.25) is 0 Å². The van der Waals surface area contributed by atoms with Crippen LogP contribution in [0.4, 0.5) is 5.69 Å². The number of rotatable bonds is 6. The predicted molar refractivity (Wildman–Crippen MR) is 119 cm³/mol. The van der Waals surface area contributed by atoms with Gasteiger partial charge in [-0.25, -0.2) is 8.42 Å². The number of para-hydroxylation sites is 2. The minimum Gasteiger partial charge on any atom is -0.495 e. The number of hydrogen-bond acceptors (Lipinski definition) is 4. The van der Waals surface area contributed by atoms with Crippen LogP contribution >= 0.6 is 0 Å². The molecule has 0 spiro atoms. The third kappa shape index (κ3) is 4.31. The molecule has 6 nitrogen and oxygen atoms in total. The molecule has 1 saturated heterocycles. The molecule has 3 rings (SSSR count). The summed E-state index contributed by atoms with van der Waals surface area (Å²) in [4.78, 5) is 15.1. The van der Waals surface area contributed by atoms with Crippen LogP contribution in [0.15, 0.2) is 53.4 Å². The maximum atomic E-state index is 13.1. The molecule has 1 heterocycles. The van der Waals surface area contributed by atoms with Crippen LogP contribution in [0.3, 0.4) is 0 Å². The van der Waals surface area contributed by atoms with E-state index < -0.39 is 10.0 Å². The highest BCUT2D eigenvalue weighted by Gasteiger charge is 2.30. The normalized spacial score (nSPS) is 17.1. The zero-order chi connectivity index (χ0) is 21.9. The molecular formula is C23H30N2O4S. The number of nitrogens with zero attached hydrogens (tertiary/aromatic N) is 2. The number of piperidine rings is 1. The highest BCUT2D eigenvalue weighted by atomic mass is 32.2. The highest BCUT2D eigenvalue weighted by Crippen LogP contribution is 2.31. The number of benzene rings is 2. The first-order chi connectivity index (χ1) is 14.3. The number of sulfonamides is 1. The van der Waals surface area contributed by atoms with Crippen LogP contribution < -0.4 is 9.04 Å². The van der Waals surface area contributed by atoms with Gasteiger partial charge in [0.2, 0.25) is 0 Å². The lowest BCUT2D eigenvalue weighted by Gasteiger charge is -2.38. The Kier molecular flexibility index (Phi) is 6.71. The Labute approximate surface area is 179 Å². The van der Waals surface area contributed by atoms with Crippen molar-refractivity contribution in [2.75, 3.05) is 25.0 Å². The average molecular weight is 431 g/mol.